The molecule has 2 nitrogen and oxygen atoms in total. The molecule has 0 aromatic carbocycles. The van der Waals surface area contributed by atoms with Crippen molar-refractivity contribution < 1.29 is 9.18 Å². The van der Waals surface area contributed by atoms with Crippen LogP contribution in [0.3, 0.4) is 0 Å². The van der Waals surface area contributed by atoms with E-state index >= 15 is 0 Å². The molecule has 0 amide bonds. The van der Waals surface area contributed by atoms with Gasteiger partial charge in [0, 0.05) is 32.5 Å². The highest BCUT2D eigenvalue weighted by Gasteiger charge is 2.34. The summed E-state index contributed by atoms with van der Waals surface area (Å²) >= 11 is 0. The van der Waals surface area contributed by atoms with E-state index in [0.29, 0.717) is 32.2 Å². The number of alkyl halides is 1. The Morgan fingerprint density at radius 3 is 2.21 bits per heavy atom. The first-order chi connectivity index (χ1) is 6.35. The third-order valence-corrected chi connectivity index (χ3v) is 2.60. The third-order valence-electron chi connectivity index (χ3n) is 2.60. The summed E-state index contributed by atoms with van der Waals surface area (Å²) in [5, 5.41) is 0. The Morgan fingerprint density at radius 2 is 1.86 bits per heavy atom. The lowest BCUT2D eigenvalue weighted by atomic mass is 9.91. The number of rotatable bonds is 2. The van der Waals surface area contributed by atoms with Crippen LogP contribution in [0.5, 0.6) is 0 Å². The summed E-state index contributed by atoms with van der Waals surface area (Å²) in [5.41, 5.74) is -1.30. The predicted molar refractivity (Wildman–Crippen MR) is 55.0 cm³/mol. The van der Waals surface area contributed by atoms with Crippen molar-refractivity contribution in [2.75, 3.05) is 19.6 Å². The molecule has 0 bridgehead atoms. The van der Waals surface area contributed by atoms with Gasteiger partial charge in [-0.05, 0) is 5.41 Å². The molecule has 1 rings (SSSR count). The SMILES string of the molecule is CC(C)(C)CN1CCC(F)(C=O)CC1. The average molecular weight is 201 g/mol. The summed E-state index contributed by atoms with van der Waals surface area (Å²) in [5.74, 6) is 0. The monoisotopic (exact) mass is 201 g/mol. The number of carbonyl (C=O) groups excluding carboxylic acids is 1. The second-order valence-electron chi connectivity index (χ2n) is 5.49. The molecule has 0 aromatic rings. The van der Waals surface area contributed by atoms with Crippen molar-refractivity contribution in [3.8, 4) is 0 Å². The molecule has 0 aliphatic carbocycles. The molecule has 14 heavy (non-hydrogen) atoms. The number of nitrogens with zero attached hydrogens (tertiary/aromatic N) is 1. The second kappa shape index (κ2) is 3.97. The van der Waals surface area contributed by atoms with Gasteiger partial charge in [-0.3, -0.25) is 4.79 Å². The molecule has 1 heterocycles. The molecule has 3 heteroatoms. The summed E-state index contributed by atoms with van der Waals surface area (Å²) in [7, 11) is 0. The van der Waals surface area contributed by atoms with Gasteiger partial charge in [-0.15, -0.1) is 0 Å². The fourth-order valence-electron chi connectivity index (χ4n) is 1.87. The summed E-state index contributed by atoms with van der Waals surface area (Å²) in [6.45, 7) is 8.89. The molecule has 0 saturated carbocycles. The maximum atomic E-state index is 13.5. The number of halogens is 1. The minimum absolute atomic E-state index is 0.248. The molecule has 1 fully saturated rings. The lowest BCUT2D eigenvalue weighted by Gasteiger charge is -2.36. The van der Waals surface area contributed by atoms with Crippen molar-refractivity contribution in [1.29, 1.82) is 0 Å². The second-order valence-corrected chi connectivity index (χ2v) is 5.49. The molecule has 0 aromatic heterocycles. The average Bonchev–Trinajstić information content (AvgIpc) is 2.07. The smallest absolute Gasteiger partial charge is 0.168 e. The first kappa shape index (κ1) is 11.6. The Labute approximate surface area is 85.5 Å². The van der Waals surface area contributed by atoms with Crippen LogP contribution in [0.15, 0.2) is 0 Å². The van der Waals surface area contributed by atoms with Crippen LogP contribution >= 0.6 is 0 Å². The van der Waals surface area contributed by atoms with Crippen molar-refractivity contribution in [3.05, 3.63) is 0 Å². The van der Waals surface area contributed by atoms with E-state index in [1.54, 1.807) is 0 Å². The van der Waals surface area contributed by atoms with Gasteiger partial charge in [0.15, 0.2) is 12.0 Å². The Balaban J connectivity index is 2.40. The van der Waals surface area contributed by atoms with Gasteiger partial charge < -0.3 is 4.90 Å². The van der Waals surface area contributed by atoms with Gasteiger partial charge in [0.05, 0.1) is 0 Å². The van der Waals surface area contributed by atoms with Crippen LogP contribution in [-0.4, -0.2) is 36.5 Å². The molecule has 0 N–H and O–H groups in total. The summed E-state index contributed by atoms with van der Waals surface area (Å²) in [6.07, 6.45) is 1.18. The van der Waals surface area contributed by atoms with Crippen molar-refractivity contribution >= 4 is 6.29 Å². The van der Waals surface area contributed by atoms with E-state index in [4.69, 9.17) is 0 Å². The van der Waals surface area contributed by atoms with E-state index in [1.165, 1.54) is 0 Å². The lowest BCUT2D eigenvalue weighted by Crippen LogP contribution is -2.45. The zero-order valence-corrected chi connectivity index (χ0v) is 9.35. The van der Waals surface area contributed by atoms with Crippen LogP contribution < -0.4 is 0 Å². The molecule has 1 saturated heterocycles. The van der Waals surface area contributed by atoms with Crippen LogP contribution in [0.25, 0.3) is 0 Å². The molecular weight excluding hydrogens is 181 g/mol. The zero-order chi connectivity index (χ0) is 10.8. The molecule has 82 valence electrons. The molecule has 0 unspecified atom stereocenters. The highest BCUT2D eigenvalue weighted by Crippen LogP contribution is 2.26. The highest BCUT2D eigenvalue weighted by atomic mass is 19.1. The van der Waals surface area contributed by atoms with Gasteiger partial charge >= 0.3 is 0 Å². The summed E-state index contributed by atoms with van der Waals surface area (Å²) in [4.78, 5) is 12.7. The van der Waals surface area contributed by atoms with Crippen LogP contribution in [0.2, 0.25) is 0 Å². The summed E-state index contributed by atoms with van der Waals surface area (Å²) < 4.78 is 13.5. The number of piperidine rings is 1. The minimum atomic E-state index is -1.55. The maximum absolute atomic E-state index is 13.5. The minimum Gasteiger partial charge on any atom is -0.303 e. The summed E-state index contributed by atoms with van der Waals surface area (Å²) in [6, 6.07) is 0. The standard InChI is InChI=1S/C11H20FNO/c1-10(2,3)8-13-6-4-11(12,9-14)5-7-13/h9H,4-8H2,1-3H3. The lowest BCUT2D eigenvalue weighted by molar-refractivity contribution is -0.120. The molecule has 0 atom stereocenters. The largest absolute Gasteiger partial charge is 0.303 e. The van der Waals surface area contributed by atoms with Gasteiger partial charge in [0.1, 0.15) is 0 Å². The fourth-order valence-corrected chi connectivity index (χ4v) is 1.87. The van der Waals surface area contributed by atoms with Gasteiger partial charge in [0.25, 0.3) is 0 Å². The third kappa shape index (κ3) is 3.37. The van der Waals surface area contributed by atoms with Gasteiger partial charge in [-0.2, -0.15) is 0 Å². The van der Waals surface area contributed by atoms with E-state index in [0.717, 1.165) is 6.54 Å². The van der Waals surface area contributed by atoms with E-state index in [2.05, 4.69) is 25.7 Å². The molecule has 1 aliphatic rings. The zero-order valence-electron chi connectivity index (χ0n) is 9.35. The topological polar surface area (TPSA) is 20.3 Å². The van der Waals surface area contributed by atoms with Crippen molar-refractivity contribution in [2.24, 2.45) is 5.41 Å². The van der Waals surface area contributed by atoms with Crippen LogP contribution in [0.4, 0.5) is 4.39 Å². The van der Waals surface area contributed by atoms with Crippen LogP contribution in [0, 0.1) is 5.41 Å². The maximum Gasteiger partial charge on any atom is 0.168 e. The Kier molecular flexibility index (Phi) is 3.30. The Morgan fingerprint density at radius 1 is 1.36 bits per heavy atom. The van der Waals surface area contributed by atoms with E-state index in [1.807, 2.05) is 0 Å². The van der Waals surface area contributed by atoms with E-state index in [-0.39, 0.29) is 5.41 Å². The molecule has 1 aliphatic heterocycles. The van der Waals surface area contributed by atoms with Gasteiger partial charge in [-0.25, -0.2) is 4.39 Å². The number of carbonyl (C=O) groups is 1. The predicted octanol–water partition coefficient (Wildman–Crippen LogP) is 2.04. The van der Waals surface area contributed by atoms with Gasteiger partial charge in [0.2, 0.25) is 0 Å². The van der Waals surface area contributed by atoms with Crippen LogP contribution in [-0.2, 0) is 4.79 Å². The number of aldehydes is 1. The Bertz CT molecular complexity index is 202. The van der Waals surface area contributed by atoms with Crippen molar-refractivity contribution in [2.45, 2.75) is 39.3 Å². The van der Waals surface area contributed by atoms with E-state index < -0.39 is 5.67 Å². The normalized spacial score (nSPS) is 23.4. The molecule has 0 spiro atoms. The fraction of sp³-hybridized carbons (Fsp3) is 0.909. The quantitative estimate of drug-likeness (QED) is 0.637. The van der Waals surface area contributed by atoms with Gasteiger partial charge in [-0.1, -0.05) is 20.8 Å². The molecule has 0 radical (unpaired) electrons. The highest BCUT2D eigenvalue weighted by molar-refractivity contribution is 5.62. The van der Waals surface area contributed by atoms with Crippen molar-refractivity contribution in [1.82, 2.24) is 4.90 Å². The number of likely N-dealkylation sites (tertiary alicyclic amines) is 1. The Hall–Kier alpha value is -0.440. The van der Waals surface area contributed by atoms with Crippen molar-refractivity contribution in [3.63, 3.8) is 0 Å². The number of hydrogen-bond acceptors (Lipinski definition) is 2. The number of hydrogen-bond donors (Lipinski definition) is 0. The molecular formula is C11H20FNO. The van der Waals surface area contributed by atoms with E-state index in [9.17, 15) is 9.18 Å². The first-order valence-corrected chi connectivity index (χ1v) is 5.22. The van der Waals surface area contributed by atoms with Crippen LogP contribution in [0.1, 0.15) is 33.6 Å². The first-order valence-electron chi connectivity index (χ1n) is 5.22.